The van der Waals surface area contributed by atoms with Gasteiger partial charge in [0.05, 0.1) is 19.1 Å². The molecule has 0 aliphatic carbocycles. The van der Waals surface area contributed by atoms with E-state index in [-0.39, 0.29) is 17.9 Å². The first-order valence-electron chi connectivity index (χ1n) is 4.65. The zero-order valence-corrected chi connectivity index (χ0v) is 8.54. The number of morpholine rings is 1. The molecule has 1 saturated heterocycles. The predicted molar refractivity (Wildman–Crippen MR) is 50.5 cm³/mol. The van der Waals surface area contributed by atoms with Gasteiger partial charge in [-0.3, -0.25) is 4.79 Å². The van der Waals surface area contributed by atoms with Crippen molar-refractivity contribution in [2.75, 3.05) is 33.9 Å². The second kappa shape index (κ2) is 4.58. The van der Waals surface area contributed by atoms with E-state index in [1.807, 2.05) is 6.92 Å². The van der Waals surface area contributed by atoms with Crippen LogP contribution in [0.3, 0.4) is 0 Å². The zero-order valence-electron chi connectivity index (χ0n) is 8.54. The summed E-state index contributed by atoms with van der Waals surface area (Å²) < 4.78 is 5.30. The van der Waals surface area contributed by atoms with Crippen LogP contribution in [0.15, 0.2) is 0 Å². The highest BCUT2D eigenvalue weighted by Gasteiger charge is 2.26. The molecule has 2 atom stereocenters. The van der Waals surface area contributed by atoms with Gasteiger partial charge in [0.15, 0.2) is 0 Å². The van der Waals surface area contributed by atoms with Gasteiger partial charge in [0.1, 0.15) is 0 Å². The van der Waals surface area contributed by atoms with Gasteiger partial charge in [-0.25, -0.2) is 0 Å². The molecule has 0 spiro atoms. The molecule has 13 heavy (non-hydrogen) atoms. The number of carbonyl (C=O) groups excluding carboxylic acids is 1. The summed E-state index contributed by atoms with van der Waals surface area (Å²) in [6.07, 6.45) is 0. The SMILES string of the molecule is CC(C(=O)N(C)C)C1COCCN1. The molecule has 1 N–H and O–H groups in total. The Kier molecular flexibility index (Phi) is 3.69. The van der Waals surface area contributed by atoms with Crippen molar-refractivity contribution in [2.45, 2.75) is 13.0 Å². The number of hydrogen-bond donors (Lipinski definition) is 1. The van der Waals surface area contributed by atoms with E-state index in [2.05, 4.69) is 5.32 Å². The highest BCUT2D eigenvalue weighted by molar-refractivity contribution is 5.78. The fourth-order valence-corrected chi connectivity index (χ4v) is 1.49. The van der Waals surface area contributed by atoms with Crippen molar-refractivity contribution in [2.24, 2.45) is 5.92 Å². The van der Waals surface area contributed by atoms with Crippen molar-refractivity contribution in [3.63, 3.8) is 0 Å². The second-order valence-corrected chi connectivity index (χ2v) is 3.66. The minimum absolute atomic E-state index is 0.00435. The third-order valence-corrected chi connectivity index (χ3v) is 2.38. The monoisotopic (exact) mass is 186 g/mol. The lowest BCUT2D eigenvalue weighted by molar-refractivity contribution is -0.134. The molecule has 1 aliphatic heterocycles. The number of hydrogen-bond acceptors (Lipinski definition) is 3. The van der Waals surface area contributed by atoms with Gasteiger partial charge in [0, 0.05) is 26.7 Å². The zero-order chi connectivity index (χ0) is 9.84. The standard InChI is InChI=1S/C9H18N2O2/c1-7(9(12)11(2)3)8-6-13-5-4-10-8/h7-8,10H,4-6H2,1-3H3. The summed E-state index contributed by atoms with van der Waals surface area (Å²) >= 11 is 0. The molecule has 0 saturated carbocycles. The van der Waals surface area contributed by atoms with E-state index in [9.17, 15) is 4.79 Å². The van der Waals surface area contributed by atoms with Gasteiger partial charge < -0.3 is 15.0 Å². The third-order valence-electron chi connectivity index (χ3n) is 2.38. The smallest absolute Gasteiger partial charge is 0.226 e. The molecular weight excluding hydrogens is 168 g/mol. The van der Waals surface area contributed by atoms with Crippen molar-refractivity contribution in [1.82, 2.24) is 10.2 Å². The summed E-state index contributed by atoms with van der Waals surface area (Å²) in [5.74, 6) is 0.151. The molecule has 4 heteroatoms. The quantitative estimate of drug-likeness (QED) is 0.643. The summed E-state index contributed by atoms with van der Waals surface area (Å²) in [5, 5.41) is 3.28. The number of amides is 1. The molecule has 0 bridgehead atoms. The first kappa shape index (κ1) is 10.5. The number of ether oxygens (including phenoxy) is 1. The number of nitrogens with zero attached hydrogens (tertiary/aromatic N) is 1. The van der Waals surface area contributed by atoms with Crippen LogP contribution in [0.5, 0.6) is 0 Å². The van der Waals surface area contributed by atoms with Crippen molar-refractivity contribution in [3.8, 4) is 0 Å². The van der Waals surface area contributed by atoms with Crippen LogP contribution in [0.1, 0.15) is 6.92 Å². The van der Waals surface area contributed by atoms with Crippen LogP contribution in [0.25, 0.3) is 0 Å². The molecule has 2 unspecified atom stereocenters. The fourth-order valence-electron chi connectivity index (χ4n) is 1.49. The molecule has 0 aromatic carbocycles. The van der Waals surface area contributed by atoms with E-state index in [0.717, 1.165) is 13.2 Å². The maximum Gasteiger partial charge on any atom is 0.226 e. The normalized spacial score (nSPS) is 25.3. The average Bonchev–Trinajstić information content (AvgIpc) is 2.17. The predicted octanol–water partition coefficient (Wildman–Crippen LogP) is -0.301. The molecule has 1 aliphatic rings. The minimum Gasteiger partial charge on any atom is -0.378 e. The van der Waals surface area contributed by atoms with Crippen molar-refractivity contribution < 1.29 is 9.53 Å². The molecular formula is C9H18N2O2. The van der Waals surface area contributed by atoms with Gasteiger partial charge in [-0.1, -0.05) is 6.92 Å². The number of carbonyl (C=O) groups is 1. The van der Waals surface area contributed by atoms with E-state index in [4.69, 9.17) is 4.74 Å². The van der Waals surface area contributed by atoms with Crippen LogP contribution in [0, 0.1) is 5.92 Å². The number of nitrogens with one attached hydrogen (secondary N) is 1. The Balaban J connectivity index is 2.45. The largest absolute Gasteiger partial charge is 0.378 e. The molecule has 4 nitrogen and oxygen atoms in total. The van der Waals surface area contributed by atoms with Crippen LogP contribution in [0.2, 0.25) is 0 Å². The Hall–Kier alpha value is -0.610. The Morgan fingerprint density at radius 3 is 2.77 bits per heavy atom. The summed E-state index contributed by atoms with van der Waals surface area (Å²) in [4.78, 5) is 13.2. The van der Waals surface area contributed by atoms with Crippen LogP contribution in [-0.2, 0) is 9.53 Å². The fraction of sp³-hybridized carbons (Fsp3) is 0.889. The molecule has 0 aromatic rings. The lowest BCUT2D eigenvalue weighted by Crippen LogP contribution is -2.49. The highest BCUT2D eigenvalue weighted by Crippen LogP contribution is 2.08. The van der Waals surface area contributed by atoms with Gasteiger partial charge in [0.25, 0.3) is 0 Å². The summed E-state index contributed by atoms with van der Waals surface area (Å²) in [5.41, 5.74) is 0. The van der Waals surface area contributed by atoms with E-state index in [1.165, 1.54) is 0 Å². The van der Waals surface area contributed by atoms with Crippen LogP contribution in [0.4, 0.5) is 0 Å². The highest BCUT2D eigenvalue weighted by atomic mass is 16.5. The first-order chi connectivity index (χ1) is 6.13. The van der Waals surface area contributed by atoms with Crippen LogP contribution in [-0.4, -0.2) is 50.7 Å². The van der Waals surface area contributed by atoms with Gasteiger partial charge in [-0.05, 0) is 0 Å². The Bertz CT molecular complexity index is 176. The van der Waals surface area contributed by atoms with Crippen LogP contribution >= 0.6 is 0 Å². The maximum atomic E-state index is 11.6. The summed E-state index contributed by atoms with van der Waals surface area (Å²) in [6.45, 7) is 4.17. The first-order valence-corrected chi connectivity index (χ1v) is 4.65. The van der Waals surface area contributed by atoms with Crippen molar-refractivity contribution in [3.05, 3.63) is 0 Å². The lowest BCUT2D eigenvalue weighted by Gasteiger charge is -2.29. The summed E-state index contributed by atoms with van der Waals surface area (Å²) in [7, 11) is 3.56. The van der Waals surface area contributed by atoms with E-state index >= 15 is 0 Å². The molecule has 1 rings (SSSR count). The maximum absolute atomic E-state index is 11.6. The molecule has 1 heterocycles. The molecule has 1 fully saturated rings. The van der Waals surface area contributed by atoms with E-state index in [1.54, 1.807) is 19.0 Å². The van der Waals surface area contributed by atoms with Gasteiger partial charge in [0.2, 0.25) is 5.91 Å². The molecule has 0 aromatic heterocycles. The van der Waals surface area contributed by atoms with Crippen molar-refractivity contribution in [1.29, 1.82) is 0 Å². The second-order valence-electron chi connectivity index (χ2n) is 3.66. The van der Waals surface area contributed by atoms with E-state index in [0.29, 0.717) is 6.61 Å². The van der Waals surface area contributed by atoms with Crippen LogP contribution < -0.4 is 5.32 Å². The Morgan fingerprint density at radius 1 is 1.62 bits per heavy atom. The van der Waals surface area contributed by atoms with Gasteiger partial charge in [-0.15, -0.1) is 0 Å². The average molecular weight is 186 g/mol. The number of rotatable bonds is 2. The molecule has 1 amide bonds. The summed E-state index contributed by atoms with van der Waals surface area (Å²) in [6, 6.07) is 0.170. The Labute approximate surface area is 79.2 Å². The van der Waals surface area contributed by atoms with E-state index < -0.39 is 0 Å². The lowest BCUT2D eigenvalue weighted by atomic mass is 10.0. The third kappa shape index (κ3) is 2.67. The van der Waals surface area contributed by atoms with Crippen molar-refractivity contribution >= 4 is 5.91 Å². The molecule has 0 radical (unpaired) electrons. The van der Waals surface area contributed by atoms with Gasteiger partial charge in [-0.2, -0.15) is 0 Å². The molecule has 76 valence electrons. The topological polar surface area (TPSA) is 41.6 Å². The minimum atomic E-state index is -0.00435. The Morgan fingerprint density at radius 2 is 2.31 bits per heavy atom. The van der Waals surface area contributed by atoms with Gasteiger partial charge >= 0.3 is 0 Å².